The van der Waals surface area contributed by atoms with E-state index in [1.165, 1.54) is 0 Å². The number of imidazole rings is 1. The van der Waals surface area contributed by atoms with E-state index < -0.39 is 0 Å². The molecule has 1 aliphatic rings. The molecule has 6 nitrogen and oxygen atoms in total. The number of rotatable bonds is 4. The van der Waals surface area contributed by atoms with Crippen LogP contribution in [0.1, 0.15) is 30.3 Å². The van der Waals surface area contributed by atoms with Gasteiger partial charge in [-0.15, -0.1) is 11.3 Å². The summed E-state index contributed by atoms with van der Waals surface area (Å²) in [7, 11) is 0. The maximum atomic E-state index is 5.97. The molecule has 0 aliphatic carbocycles. The first-order valence-electron chi connectivity index (χ1n) is 8.85. The lowest BCUT2D eigenvalue weighted by Crippen LogP contribution is -2.35. The number of thiazole rings is 1. The molecular weight excluding hydrogens is 346 g/mol. The Hall–Kier alpha value is -2.67. The monoisotopic (exact) mass is 365 g/mol. The highest BCUT2D eigenvalue weighted by atomic mass is 32.1. The molecule has 3 aromatic heterocycles. The van der Waals surface area contributed by atoms with E-state index in [1.54, 1.807) is 11.3 Å². The van der Waals surface area contributed by atoms with Gasteiger partial charge in [0.15, 0.2) is 5.58 Å². The van der Waals surface area contributed by atoms with Gasteiger partial charge in [-0.2, -0.15) is 4.98 Å². The van der Waals surface area contributed by atoms with Crippen molar-refractivity contribution in [2.45, 2.75) is 25.3 Å². The van der Waals surface area contributed by atoms with Gasteiger partial charge < -0.3 is 13.9 Å². The third-order valence-corrected chi connectivity index (χ3v) is 5.54. The van der Waals surface area contributed by atoms with E-state index in [-0.39, 0.29) is 0 Å². The van der Waals surface area contributed by atoms with Crippen LogP contribution in [0.5, 0.6) is 0 Å². The van der Waals surface area contributed by atoms with Crippen molar-refractivity contribution in [2.75, 3.05) is 18.0 Å². The predicted octanol–water partition coefficient (Wildman–Crippen LogP) is 3.91. The fourth-order valence-corrected chi connectivity index (χ4v) is 4.21. The zero-order valence-corrected chi connectivity index (χ0v) is 15.1. The normalized spacial score (nSPS) is 17.8. The van der Waals surface area contributed by atoms with Crippen molar-refractivity contribution >= 4 is 28.5 Å². The highest BCUT2D eigenvalue weighted by Gasteiger charge is 2.27. The second-order valence-electron chi connectivity index (χ2n) is 6.64. The van der Waals surface area contributed by atoms with Gasteiger partial charge in [0.05, 0.1) is 17.7 Å². The van der Waals surface area contributed by atoms with Crippen molar-refractivity contribution in [1.82, 2.24) is 19.5 Å². The minimum absolute atomic E-state index is 0.368. The van der Waals surface area contributed by atoms with E-state index in [4.69, 9.17) is 4.42 Å². The van der Waals surface area contributed by atoms with Crippen LogP contribution in [0.2, 0.25) is 0 Å². The van der Waals surface area contributed by atoms with Crippen molar-refractivity contribution in [2.24, 2.45) is 0 Å². The van der Waals surface area contributed by atoms with E-state index >= 15 is 0 Å². The summed E-state index contributed by atoms with van der Waals surface area (Å²) in [5.41, 5.74) is 4.71. The summed E-state index contributed by atoms with van der Waals surface area (Å²) in [6.45, 7) is 2.62. The third kappa shape index (κ3) is 2.88. The number of hydrogen-bond acceptors (Lipinski definition) is 6. The minimum atomic E-state index is 0.368. The van der Waals surface area contributed by atoms with Gasteiger partial charge in [-0.1, -0.05) is 12.1 Å². The highest BCUT2D eigenvalue weighted by molar-refractivity contribution is 7.07. The van der Waals surface area contributed by atoms with Gasteiger partial charge in [0.2, 0.25) is 0 Å². The summed E-state index contributed by atoms with van der Waals surface area (Å²) >= 11 is 1.63. The molecule has 1 atom stereocenters. The number of anilines is 1. The van der Waals surface area contributed by atoms with E-state index in [2.05, 4.69) is 29.8 Å². The Labute approximate surface area is 155 Å². The zero-order valence-electron chi connectivity index (χ0n) is 14.3. The molecule has 1 fully saturated rings. The van der Waals surface area contributed by atoms with Crippen LogP contribution in [0.4, 0.5) is 6.01 Å². The number of fused-ring (bicyclic) bond motifs is 1. The van der Waals surface area contributed by atoms with Crippen LogP contribution < -0.4 is 4.90 Å². The van der Waals surface area contributed by atoms with Crippen LogP contribution in [0.25, 0.3) is 11.1 Å². The molecule has 0 radical (unpaired) electrons. The van der Waals surface area contributed by atoms with Crippen LogP contribution in [0, 0.1) is 0 Å². The molecule has 1 aromatic carbocycles. The molecule has 1 aliphatic heterocycles. The Morgan fingerprint density at radius 2 is 2.19 bits per heavy atom. The minimum Gasteiger partial charge on any atom is -0.423 e. The standard InChI is InChI=1S/C19H19N5OS/c1-2-6-17-16(5-1)22-19(25-17)24-8-3-4-14(10-24)18-20-7-9-23(18)11-15-12-26-13-21-15/h1-2,5-7,9,12-14H,3-4,8,10-11H2/t14-/m0/s1. The van der Waals surface area contributed by atoms with Crippen LogP contribution in [0.15, 0.2) is 52.0 Å². The first kappa shape index (κ1) is 15.6. The van der Waals surface area contributed by atoms with Crippen molar-refractivity contribution in [1.29, 1.82) is 0 Å². The van der Waals surface area contributed by atoms with E-state index in [1.807, 2.05) is 42.2 Å². The van der Waals surface area contributed by atoms with Gasteiger partial charge >= 0.3 is 0 Å². The van der Waals surface area contributed by atoms with E-state index in [0.29, 0.717) is 11.9 Å². The topological polar surface area (TPSA) is 60.0 Å². The molecule has 5 rings (SSSR count). The van der Waals surface area contributed by atoms with Crippen molar-refractivity contribution in [3.05, 3.63) is 59.1 Å². The Morgan fingerprint density at radius 1 is 1.23 bits per heavy atom. The first-order valence-corrected chi connectivity index (χ1v) is 9.80. The second kappa shape index (κ2) is 6.57. The van der Waals surface area contributed by atoms with Gasteiger partial charge in [-0.05, 0) is 25.0 Å². The average molecular weight is 365 g/mol. The molecule has 0 amide bonds. The molecule has 4 heterocycles. The van der Waals surface area contributed by atoms with Crippen LogP contribution in [0.3, 0.4) is 0 Å². The maximum Gasteiger partial charge on any atom is 0.298 e. The predicted molar refractivity (Wildman–Crippen MR) is 102 cm³/mol. The summed E-state index contributed by atoms with van der Waals surface area (Å²) in [4.78, 5) is 16.0. The SMILES string of the molecule is c1ccc2oc(N3CCC[C@H](c4nccn4Cc4cscn4)C3)nc2c1. The van der Waals surface area contributed by atoms with Crippen molar-refractivity contribution < 1.29 is 4.42 Å². The molecule has 0 saturated carbocycles. The Morgan fingerprint density at radius 3 is 3.08 bits per heavy atom. The summed E-state index contributed by atoms with van der Waals surface area (Å²) < 4.78 is 8.19. The molecule has 4 aromatic rings. The van der Waals surface area contributed by atoms with E-state index in [9.17, 15) is 0 Å². The van der Waals surface area contributed by atoms with Crippen molar-refractivity contribution in [3.8, 4) is 0 Å². The number of hydrogen-bond donors (Lipinski definition) is 0. The second-order valence-corrected chi connectivity index (χ2v) is 7.36. The van der Waals surface area contributed by atoms with Crippen LogP contribution in [-0.4, -0.2) is 32.6 Å². The molecule has 0 N–H and O–H groups in total. The quantitative estimate of drug-likeness (QED) is 0.549. The van der Waals surface area contributed by atoms with Gasteiger partial charge in [0.25, 0.3) is 6.01 Å². The number of piperidine rings is 1. The lowest BCUT2D eigenvalue weighted by molar-refractivity contribution is 0.447. The highest BCUT2D eigenvalue weighted by Crippen LogP contribution is 2.30. The smallest absolute Gasteiger partial charge is 0.298 e. The van der Waals surface area contributed by atoms with Gasteiger partial charge in [-0.25, -0.2) is 9.97 Å². The zero-order chi connectivity index (χ0) is 17.3. The number of nitrogens with zero attached hydrogens (tertiary/aromatic N) is 5. The maximum absolute atomic E-state index is 5.97. The number of aromatic nitrogens is 4. The Bertz CT molecular complexity index is 973. The number of oxazole rings is 1. The molecule has 132 valence electrons. The molecule has 26 heavy (non-hydrogen) atoms. The Kier molecular flexibility index (Phi) is 3.93. The van der Waals surface area contributed by atoms with Crippen LogP contribution in [-0.2, 0) is 6.54 Å². The van der Waals surface area contributed by atoms with E-state index in [0.717, 1.165) is 55.1 Å². The molecule has 0 bridgehead atoms. The first-order chi connectivity index (χ1) is 12.9. The summed E-state index contributed by atoms with van der Waals surface area (Å²) in [6.07, 6.45) is 6.17. The van der Waals surface area contributed by atoms with Gasteiger partial charge in [0, 0.05) is 36.8 Å². The molecule has 0 unspecified atom stereocenters. The average Bonchev–Trinajstić information content (AvgIpc) is 3.42. The molecule has 7 heteroatoms. The molecule has 1 saturated heterocycles. The molecular formula is C19H19N5OS. The molecule has 0 spiro atoms. The third-order valence-electron chi connectivity index (χ3n) is 4.90. The fraction of sp³-hybridized carbons (Fsp3) is 0.316. The number of benzene rings is 1. The van der Waals surface area contributed by atoms with Crippen molar-refractivity contribution in [3.63, 3.8) is 0 Å². The lowest BCUT2D eigenvalue weighted by atomic mass is 9.97. The summed E-state index contributed by atoms with van der Waals surface area (Å²) in [5, 5.41) is 2.09. The van der Waals surface area contributed by atoms with Gasteiger partial charge in [0.1, 0.15) is 11.3 Å². The lowest BCUT2D eigenvalue weighted by Gasteiger charge is -2.31. The summed E-state index contributed by atoms with van der Waals surface area (Å²) in [6, 6.07) is 8.64. The van der Waals surface area contributed by atoms with Crippen LogP contribution >= 0.6 is 11.3 Å². The summed E-state index contributed by atoms with van der Waals surface area (Å²) in [5.74, 6) is 1.49. The number of para-hydroxylation sites is 2. The van der Waals surface area contributed by atoms with Gasteiger partial charge in [-0.3, -0.25) is 0 Å². The largest absolute Gasteiger partial charge is 0.423 e. The fourth-order valence-electron chi connectivity index (χ4n) is 3.66. The Balaban J connectivity index is 1.38.